The van der Waals surface area contributed by atoms with Crippen LogP contribution in [0.5, 0.6) is 5.75 Å². The first-order valence-corrected chi connectivity index (χ1v) is 6.73. The Kier molecular flexibility index (Phi) is 4.32. The van der Waals surface area contributed by atoms with E-state index in [1.165, 1.54) is 0 Å². The third-order valence-corrected chi connectivity index (χ3v) is 3.56. The van der Waals surface area contributed by atoms with Gasteiger partial charge in [-0.3, -0.25) is 0 Å². The average molecular weight is 285 g/mol. The molecule has 4 nitrogen and oxygen atoms in total. The highest BCUT2D eigenvalue weighted by Gasteiger charge is 2.26. The van der Waals surface area contributed by atoms with E-state index in [1.54, 1.807) is 13.0 Å². The molecule has 1 N–H and O–H groups in total. The van der Waals surface area contributed by atoms with Crippen LogP contribution in [0.2, 0.25) is 5.02 Å². The Bertz CT molecular complexity index is 499. The van der Waals surface area contributed by atoms with E-state index in [4.69, 9.17) is 21.1 Å². The number of aliphatic hydroxyl groups is 1. The SMILES string of the molecule is CCOC(=O)C(O)c1cc(Cl)c2c(c1C)CCCO2. The third-order valence-electron chi connectivity index (χ3n) is 3.28. The van der Waals surface area contributed by atoms with Crippen molar-refractivity contribution in [2.24, 2.45) is 0 Å². The summed E-state index contributed by atoms with van der Waals surface area (Å²) in [6.07, 6.45) is 0.442. The topological polar surface area (TPSA) is 55.8 Å². The van der Waals surface area contributed by atoms with Gasteiger partial charge in [-0.1, -0.05) is 11.6 Å². The summed E-state index contributed by atoms with van der Waals surface area (Å²) in [5.41, 5.74) is 2.31. The molecule has 0 saturated carbocycles. The van der Waals surface area contributed by atoms with Gasteiger partial charge in [-0.05, 0) is 49.4 Å². The van der Waals surface area contributed by atoms with Gasteiger partial charge in [-0.15, -0.1) is 0 Å². The molecule has 1 unspecified atom stereocenters. The van der Waals surface area contributed by atoms with Crippen molar-refractivity contribution in [3.63, 3.8) is 0 Å². The van der Waals surface area contributed by atoms with Crippen molar-refractivity contribution in [2.45, 2.75) is 32.8 Å². The van der Waals surface area contributed by atoms with E-state index < -0.39 is 12.1 Å². The van der Waals surface area contributed by atoms with Gasteiger partial charge in [-0.2, -0.15) is 0 Å². The number of carbonyl (C=O) groups excluding carboxylic acids is 1. The Morgan fingerprint density at radius 1 is 1.63 bits per heavy atom. The summed E-state index contributed by atoms with van der Waals surface area (Å²) >= 11 is 6.16. The summed E-state index contributed by atoms with van der Waals surface area (Å²) in [5, 5.41) is 10.5. The van der Waals surface area contributed by atoms with Crippen molar-refractivity contribution in [3.05, 3.63) is 27.8 Å². The van der Waals surface area contributed by atoms with Crippen LogP contribution in [-0.2, 0) is 16.0 Å². The zero-order chi connectivity index (χ0) is 14.0. The number of ether oxygens (including phenoxy) is 2. The van der Waals surface area contributed by atoms with Gasteiger partial charge in [0.1, 0.15) is 5.75 Å². The van der Waals surface area contributed by atoms with Gasteiger partial charge < -0.3 is 14.6 Å². The monoisotopic (exact) mass is 284 g/mol. The fourth-order valence-corrected chi connectivity index (χ4v) is 2.60. The maximum atomic E-state index is 11.6. The maximum absolute atomic E-state index is 11.6. The fourth-order valence-electron chi connectivity index (χ4n) is 2.31. The summed E-state index contributed by atoms with van der Waals surface area (Å²) in [7, 11) is 0. The second kappa shape index (κ2) is 5.80. The van der Waals surface area contributed by atoms with Crippen LogP contribution in [0.4, 0.5) is 0 Å². The lowest BCUT2D eigenvalue weighted by Gasteiger charge is -2.23. The normalized spacial score (nSPS) is 15.4. The molecule has 1 heterocycles. The third kappa shape index (κ3) is 2.69. The number of benzene rings is 1. The van der Waals surface area contributed by atoms with E-state index in [9.17, 15) is 9.90 Å². The lowest BCUT2D eigenvalue weighted by atomic mass is 9.93. The number of halogens is 1. The standard InChI is InChI=1S/C14H17ClO4/c1-3-18-14(17)12(16)10-7-11(15)13-9(8(10)2)5-4-6-19-13/h7,12,16H,3-6H2,1-2H3. The lowest BCUT2D eigenvalue weighted by molar-refractivity contribution is -0.153. The molecule has 19 heavy (non-hydrogen) atoms. The molecule has 0 spiro atoms. The van der Waals surface area contributed by atoms with Crippen LogP contribution in [0.15, 0.2) is 6.07 Å². The van der Waals surface area contributed by atoms with Gasteiger partial charge in [-0.25, -0.2) is 4.79 Å². The van der Waals surface area contributed by atoms with Crippen molar-refractivity contribution in [3.8, 4) is 5.75 Å². The Hall–Kier alpha value is -1.26. The van der Waals surface area contributed by atoms with Crippen LogP contribution in [0.25, 0.3) is 0 Å². The van der Waals surface area contributed by atoms with Gasteiger partial charge in [0.15, 0.2) is 6.10 Å². The quantitative estimate of drug-likeness (QED) is 0.867. The Balaban J connectivity index is 2.41. The van der Waals surface area contributed by atoms with Crippen LogP contribution >= 0.6 is 11.6 Å². The first-order chi connectivity index (χ1) is 9.06. The second-order valence-electron chi connectivity index (χ2n) is 4.49. The predicted octanol–water partition coefficient (Wildman–Crippen LogP) is 2.57. The van der Waals surface area contributed by atoms with Crippen molar-refractivity contribution < 1.29 is 19.4 Å². The number of esters is 1. The number of hydrogen-bond acceptors (Lipinski definition) is 4. The fraction of sp³-hybridized carbons (Fsp3) is 0.500. The molecule has 2 rings (SSSR count). The number of fused-ring (bicyclic) bond motifs is 1. The van der Waals surface area contributed by atoms with E-state index in [0.29, 0.717) is 22.9 Å². The second-order valence-corrected chi connectivity index (χ2v) is 4.89. The van der Waals surface area contributed by atoms with E-state index in [1.807, 2.05) is 6.92 Å². The van der Waals surface area contributed by atoms with Crippen LogP contribution in [0.3, 0.4) is 0 Å². The highest BCUT2D eigenvalue weighted by atomic mass is 35.5. The van der Waals surface area contributed by atoms with Crippen molar-refractivity contribution in [1.82, 2.24) is 0 Å². The molecule has 104 valence electrons. The van der Waals surface area contributed by atoms with E-state index in [0.717, 1.165) is 24.0 Å². The zero-order valence-corrected chi connectivity index (χ0v) is 11.8. The molecule has 0 radical (unpaired) electrons. The Morgan fingerprint density at radius 2 is 2.37 bits per heavy atom. The molecule has 1 aromatic carbocycles. The molecule has 5 heteroatoms. The molecule has 0 saturated heterocycles. The first kappa shape index (κ1) is 14.2. The lowest BCUT2D eigenvalue weighted by Crippen LogP contribution is -2.18. The molecular weight excluding hydrogens is 268 g/mol. The number of hydrogen-bond donors (Lipinski definition) is 1. The highest BCUT2D eigenvalue weighted by molar-refractivity contribution is 6.32. The van der Waals surface area contributed by atoms with Gasteiger partial charge in [0.2, 0.25) is 0 Å². The summed E-state index contributed by atoms with van der Waals surface area (Å²) in [5.74, 6) is 0.0172. The summed E-state index contributed by atoms with van der Waals surface area (Å²) < 4.78 is 10.4. The molecule has 1 aliphatic heterocycles. The minimum absolute atomic E-state index is 0.233. The van der Waals surface area contributed by atoms with Gasteiger partial charge in [0.25, 0.3) is 0 Å². The minimum atomic E-state index is -1.30. The van der Waals surface area contributed by atoms with Crippen molar-refractivity contribution >= 4 is 17.6 Å². The molecule has 0 amide bonds. The molecule has 0 bridgehead atoms. The molecule has 0 fully saturated rings. The molecule has 1 aromatic rings. The Labute approximate surface area is 117 Å². The summed E-state index contributed by atoms with van der Waals surface area (Å²) in [6.45, 7) is 4.44. The van der Waals surface area contributed by atoms with Crippen molar-refractivity contribution in [1.29, 1.82) is 0 Å². The van der Waals surface area contributed by atoms with E-state index in [-0.39, 0.29) is 6.61 Å². The van der Waals surface area contributed by atoms with Crippen molar-refractivity contribution in [2.75, 3.05) is 13.2 Å². The predicted molar refractivity (Wildman–Crippen MR) is 71.6 cm³/mol. The van der Waals surface area contributed by atoms with Crippen LogP contribution in [0.1, 0.15) is 36.1 Å². The number of aliphatic hydroxyl groups excluding tert-OH is 1. The maximum Gasteiger partial charge on any atom is 0.339 e. The van der Waals surface area contributed by atoms with Crippen LogP contribution in [-0.4, -0.2) is 24.3 Å². The first-order valence-electron chi connectivity index (χ1n) is 6.35. The summed E-state index contributed by atoms with van der Waals surface area (Å²) in [4.78, 5) is 11.6. The smallest absolute Gasteiger partial charge is 0.339 e. The summed E-state index contributed by atoms with van der Waals surface area (Å²) in [6, 6.07) is 1.59. The molecule has 1 atom stereocenters. The highest BCUT2D eigenvalue weighted by Crippen LogP contribution is 2.38. The molecular formula is C14H17ClO4. The number of carbonyl (C=O) groups is 1. The minimum Gasteiger partial charge on any atom is -0.492 e. The Morgan fingerprint density at radius 3 is 3.05 bits per heavy atom. The van der Waals surface area contributed by atoms with Crippen LogP contribution in [0, 0.1) is 6.92 Å². The molecule has 0 aliphatic carbocycles. The molecule has 1 aliphatic rings. The average Bonchev–Trinajstić information content (AvgIpc) is 2.42. The number of rotatable bonds is 3. The van der Waals surface area contributed by atoms with Crippen LogP contribution < -0.4 is 4.74 Å². The van der Waals surface area contributed by atoms with Gasteiger partial charge in [0, 0.05) is 0 Å². The van der Waals surface area contributed by atoms with E-state index >= 15 is 0 Å². The zero-order valence-electron chi connectivity index (χ0n) is 11.0. The molecule has 0 aromatic heterocycles. The van der Waals surface area contributed by atoms with Gasteiger partial charge >= 0.3 is 5.97 Å². The largest absolute Gasteiger partial charge is 0.492 e. The van der Waals surface area contributed by atoms with Gasteiger partial charge in [0.05, 0.1) is 18.2 Å². The van der Waals surface area contributed by atoms with E-state index in [2.05, 4.69) is 0 Å².